The van der Waals surface area contributed by atoms with Crippen LogP contribution in [0.15, 0.2) is 101 Å². The minimum Gasteiger partial charge on any atom is -0.458 e. The lowest BCUT2D eigenvalue weighted by molar-refractivity contribution is 0.488. The third-order valence-corrected chi connectivity index (χ3v) is 7.66. The molecule has 5 aromatic carbocycles. The second-order valence-corrected chi connectivity index (χ2v) is 9.27. The fourth-order valence-corrected chi connectivity index (χ4v) is 6.38. The van der Waals surface area contributed by atoms with E-state index in [0.717, 1.165) is 28.1 Å². The molecule has 0 amide bonds. The van der Waals surface area contributed by atoms with Crippen LogP contribution in [-0.2, 0) is 0 Å². The monoisotopic (exact) mass is 433 g/mol. The summed E-state index contributed by atoms with van der Waals surface area (Å²) >= 11 is 0. The van der Waals surface area contributed by atoms with Crippen LogP contribution in [0, 0.1) is 0 Å². The van der Waals surface area contributed by atoms with E-state index < -0.39 is 0 Å². The molecular formula is C30H16BNO2. The minimum atomic E-state index is 0.147. The summed E-state index contributed by atoms with van der Waals surface area (Å²) in [5.74, 6) is 1.89. The van der Waals surface area contributed by atoms with Crippen LogP contribution in [0.25, 0.3) is 49.4 Å². The highest BCUT2D eigenvalue weighted by Crippen LogP contribution is 2.43. The van der Waals surface area contributed by atoms with Gasteiger partial charge in [0.1, 0.15) is 22.7 Å². The lowest BCUT2D eigenvalue weighted by Gasteiger charge is -2.32. The Balaban J connectivity index is 1.56. The van der Waals surface area contributed by atoms with Crippen molar-refractivity contribution in [1.82, 2.24) is 4.57 Å². The van der Waals surface area contributed by atoms with Gasteiger partial charge in [-0.2, -0.15) is 0 Å². The molecule has 9 rings (SSSR count). The quantitative estimate of drug-likeness (QED) is 0.291. The smallest absolute Gasteiger partial charge is 0.256 e. The fourth-order valence-electron chi connectivity index (χ4n) is 6.38. The number of rotatable bonds is 0. The molecule has 3 nitrogen and oxygen atoms in total. The van der Waals surface area contributed by atoms with Crippen molar-refractivity contribution < 1.29 is 9.15 Å². The van der Waals surface area contributed by atoms with Crippen LogP contribution < -0.4 is 21.1 Å². The summed E-state index contributed by atoms with van der Waals surface area (Å²) in [6.45, 7) is 0.147. The fraction of sp³-hybridized carbons (Fsp3) is 0. The maximum Gasteiger partial charge on any atom is 0.256 e. The van der Waals surface area contributed by atoms with Gasteiger partial charge in [0.05, 0.1) is 11.0 Å². The first kappa shape index (κ1) is 17.1. The topological polar surface area (TPSA) is 27.3 Å². The Morgan fingerprint density at radius 3 is 2.38 bits per heavy atom. The second-order valence-electron chi connectivity index (χ2n) is 9.27. The molecule has 0 bridgehead atoms. The molecule has 2 aliphatic rings. The predicted octanol–water partition coefficient (Wildman–Crippen LogP) is 5.62. The number of fused-ring (bicyclic) bond motifs is 12. The second kappa shape index (κ2) is 5.73. The molecule has 2 aromatic heterocycles. The standard InChI is InChI=1S/C30H16BNO2/c1-5-11-23-17(7-1)28-25(33-23)16-14-22-27(28)18-13-15-26-29-30(18)32(22)21-10-4-2-8-19(21)31(29)20-9-3-6-12-24(20)34-26/h1-16H. The average molecular weight is 433 g/mol. The Morgan fingerprint density at radius 1 is 0.588 bits per heavy atom. The van der Waals surface area contributed by atoms with Gasteiger partial charge >= 0.3 is 0 Å². The van der Waals surface area contributed by atoms with Crippen LogP contribution >= 0.6 is 0 Å². The molecule has 7 aromatic rings. The lowest BCUT2D eigenvalue weighted by atomic mass is 9.34. The van der Waals surface area contributed by atoms with Crippen LogP contribution in [0.1, 0.15) is 0 Å². The first-order valence-electron chi connectivity index (χ1n) is 11.7. The molecule has 0 atom stereocenters. The summed E-state index contributed by atoms with van der Waals surface area (Å²) in [6.07, 6.45) is 0. The molecule has 0 spiro atoms. The van der Waals surface area contributed by atoms with Crippen molar-refractivity contribution in [2.75, 3.05) is 0 Å². The number of furan rings is 1. The van der Waals surface area contributed by atoms with Crippen molar-refractivity contribution in [2.45, 2.75) is 0 Å². The van der Waals surface area contributed by atoms with E-state index in [9.17, 15) is 0 Å². The van der Waals surface area contributed by atoms with Crippen molar-refractivity contribution in [3.63, 3.8) is 0 Å². The van der Waals surface area contributed by atoms with Crippen molar-refractivity contribution in [1.29, 1.82) is 0 Å². The van der Waals surface area contributed by atoms with Crippen molar-refractivity contribution >= 4 is 66.8 Å². The van der Waals surface area contributed by atoms with Gasteiger partial charge in [0, 0.05) is 27.2 Å². The maximum absolute atomic E-state index is 6.47. The lowest BCUT2D eigenvalue weighted by Crippen LogP contribution is -2.58. The third-order valence-electron chi connectivity index (χ3n) is 7.66. The number of benzene rings is 5. The molecule has 2 aliphatic heterocycles. The molecule has 0 saturated heterocycles. The third kappa shape index (κ3) is 1.85. The Morgan fingerprint density at radius 2 is 1.41 bits per heavy atom. The summed E-state index contributed by atoms with van der Waals surface area (Å²) in [6, 6.07) is 34.3. The molecule has 34 heavy (non-hydrogen) atoms. The highest BCUT2D eigenvalue weighted by molar-refractivity contribution is 6.99. The summed E-state index contributed by atoms with van der Waals surface area (Å²) in [7, 11) is 0. The molecule has 4 heterocycles. The maximum atomic E-state index is 6.47. The SMILES string of the molecule is c1ccc2c(c1)Oc1ccc3c4c5c(ccc4n4c3c1B2c1ccccc1-4)oc1ccccc15. The Bertz CT molecular complexity index is 2010. The van der Waals surface area contributed by atoms with Gasteiger partial charge in [-0.15, -0.1) is 0 Å². The van der Waals surface area contributed by atoms with E-state index in [2.05, 4.69) is 95.6 Å². The van der Waals surface area contributed by atoms with Crippen molar-refractivity contribution in [3.05, 3.63) is 97.1 Å². The summed E-state index contributed by atoms with van der Waals surface area (Å²) in [5.41, 5.74) is 9.33. The van der Waals surface area contributed by atoms with Gasteiger partial charge in [0.15, 0.2) is 0 Å². The van der Waals surface area contributed by atoms with Crippen LogP contribution in [0.2, 0.25) is 0 Å². The van der Waals surface area contributed by atoms with Gasteiger partial charge in [-0.1, -0.05) is 54.6 Å². The van der Waals surface area contributed by atoms with E-state index in [-0.39, 0.29) is 6.71 Å². The summed E-state index contributed by atoms with van der Waals surface area (Å²) < 4.78 is 15.2. The number of nitrogens with zero attached hydrogens (tertiary/aromatic N) is 1. The summed E-state index contributed by atoms with van der Waals surface area (Å²) in [5, 5.41) is 4.83. The molecule has 0 fully saturated rings. The molecule has 156 valence electrons. The molecule has 0 N–H and O–H groups in total. The normalized spacial score (nSPS) is 13.5. The molecule has 0 aliphatic carbocycles. The van der Waals surface area contributed by atoms with Gasteiger partial charge in [-0.25, -0.2) is 0 Å². The van der Waals surface area contributed by atoms with Crippen molar-refractivity contribution in [3.8, 4) is 17.2 Å². The van der Waals surface area contributed by atoms with Gasteiger partial charge in [0.25, 0.3) is 6.71 Å². The van der Waals surface area contributed by atoms with Crippen LogP contribution in [0.5, 0.6) is 11.5 Å². The zero-order valence-corrected chi connectivity index (χ0v) is 18.1. The highest BCUT2D eigenvalue weighted by atomic mass is 16.5. The first-order chi connectivity index (χ1) is 16.9. The van der Waals surface area contributed by atoms with E-state index in [0.29, 0.717) is 0 Å². The van der Waals surface area contributed by atoms with Crippen LogP contribution in [-0.4, -0.2) is 11.3 Å². The van der Waals surface area contributed by atoms with E-state index in [1.165, 1.54) is 49.3 Å². The summed E-state index contributed by atoms with van der Waals surface area (Å²) in [4.78, 5) is 0. The minimum absolute atomic E-state index is 0.147. The van der Waals surface area contributed by atoms with Gasteiger partial charge in [-0.3, -0.25) is 0 Å². The van der Waals surface area contributed by atoms with Gasteiger partial charge in [-0.05, 0) is 58.9 Å². The molecule has 0 radical (unpaired) electrons. The van der Waals surface area contributed by atoms with E-state index in [1.807, 2.05) is 6.07 Å². The number of aromatic nitrogens is 1. The van der Waals surface area contributed by atoms with Crippen LogP contribution in [0.4, 0.5) is 0 Å². The number of para-hydroxylation sites is 3. The Hall–Kier alpha value is -4.44. The number of ether oxygens (including phenoxy) is 1. The largest absolute Gasteiger partial charge is 0.458 e. The molecule has 0 saturated carbocycles. The van der Waals surface area contributed by atoms with E-state index in [4.69, 9.17) is 9.15 Å². The van der Waals surface area contributed by atoms with E-state index >= 15 is 0 Å². The van der Waals surface area contributed by atoms with Crippen molar-refractivity contribution in [2.24, 2.45) is 0 Å². The first-order valence-corrected chi connectivity index (χ1v) is 11.7. The zero-order chi connectivity index (χ0) is 22.0. The molecule has 4 heteroatoms. The number of hydrogen-bond donors (Lipinski definition) is 0. The van der Waals surface area contributed by atoms with E-state index in [1.54, 1.807) is 0 Å². The Labute approximate surface area is 194 Å². The highest BCUT2D eigenvalue weighted by Gasteiger charge is 2.40. The molecular weight excluding hydrogens is 417 g/mol. The zero-order valence-electron chi connectivity index (χ0n) is 18.1. The van der Waals surface area contributed by atoms with Gasteiger partial charge < -0.3 is 13.7 Å². The number of hydrogen-bond acceptors (Lipinski definition) is 2. The molecule has 0 unspecified atom stereocenters. The van der Waals surface area contributed by atoms with Crippen LogP contribution in [0.3, 0.4) is 0 Å². The predicted molar refractivity (Wildman–Crippen MR) is 139 cm³/mol. The van der Waals surface area contributed by atoms with Gasteiger partial charge in [0.2, 0.25) is 0 Å². The Kier molecular flexibility index (Phi) is 2.88. The average Bonchev–Trinajstić information content (AvgIpc) is 3.43.